The van der Waals surface area contributed by atoms with Gasteiger partial charge in [-0.3, -0.25) is 5.01 Å². The predicted octanol–water partition coefficient (Wildman–Crippen LogP) is 5.80. The van der Waals surface area contributed by atoms with Crippen LogP contribution in [0.25, 0.3) is 0 Å². The van der Waals surface area contributed by atoms with E-state index in [1.165, 1.54) is 11.1 Å². The summed E-state index contributed by atoms with van der Waals surface area (Å²) in [6.45, 7) is 0. The maximum Gasteiger partial charge on any atom is 0.0831 e. The lowest BCUT2D eigenvalue weighted by Gasteiger charge is -2.24. The third-order valence-electron chi connectivity index (χ3n) is 4.29. The van der Waals surface area contributed by atoms with E-state index in [2.05, 4.69) is 99.8 Å². The normalized spacial score (nSPS) is 17.0. The highest BCUT2D eigenvalue weighted by Crippen LogP contribution is 2.36. The summed E-state index contributed by atoms with van der Waals surface area (Å²) in [5, 5.41) is 7.09. The van der Waals surface area contributed by atoms with Gasteiger partial charge in [0, 0.05) is 10.9 Å². The van der Waals surface area contributed by atoms with E-state index >= 15 is 0 Å². The Labute approximate surface area is 150 Å². The molecule has 0 spiro atoms. The van der Waals surface area contributed by atoms with Crippen LogP contribution in [0.2, 0.25) is 0 Å². The van der Waals surface area contributed by atoms with Gasteiger partial charge in [0.15, 0.2) is 0 Å². The molecule has 2 nitrogen and oxygen atoms in total. The summed E-state index contributed by atoms with van der Waals surface area (Å²) < 4.78 is 1.08. The summed E-state index contributed by atoms with van der Waals surface area (Å²) >= 11 is 3.51. The molecule has 118 valence electrons. The largest absolute Gasteiger partial charge is 0.257 e. The molecule has 0 aliphatic carbocycles. The van der Waals surface area contributed by atoms with E-state index in [-0.39, 0.29) is 6.04 Å². The van der Waals surface area contributed by atoms with Gasteiger partial charge in [-0.15, -0.1) is 0 Å². The summed E-state index contributed by atoms with van der Waals surface area (Å²) in [7, 11) is 0. The van der Waals surface area contributed by atoms with Crippen LogP contribution in [0, 0.1) is 0 Å². The predicted molar refractivity (Wildman–Crippen MR) is 103 cm³/mol. The average molecular weight is 377 g/mol. The Hall–Kier alpha value is -2.39. The van der Waals surface area contributed by atoms with Crippen molar-refractivity contribution < 1.29 is 0 Å². The molecule has 0 saturated carbocycles. The van der Waals surface area contributed by atoms with Gasteiger partial charge in [0.1, 0.15) is 0 Å². The standard InChI is InChI=1S/C21H17BrN2/c22-18-11-13-19(14-12-18)24-21(17-9-5-2-6-10-17)15-20(23-24)16-7-3-1-4-8-16/h1-14,21H,15H2/t21-/m1/s1. The van der Waals surface area contributed by atoms with E-state index in [9.17, 15) is 0 Å². The van der Waals surface area contributed by atoms with E-state index in [0.29, 0.717) is 0 Å². The Morgan fingerprint density at radius 3 is 2.08 bits per heavy atom. The summed E-state index contributed by atoms with van der Waals surface area (Å²) in [6, 6.07) is 29.6. The van der Waals surface area contributed by atoms with Gasteiger partial charge in [0.05, 0.1) is 17.4 Å². The zero-order chi connectivity index (χ0) is 16.4. The van der Waals surface area contributed by atoms with Crippen molar-refractivity contribution in [3.63, 3.8) is 0 Å². The van der Waals surface area contributed by atoms with Crippen LogP contribution in [-0.2, 0) is 0 Å². The van der Waals surface area contributed by atoms with E-state index < -0.39 is 0 Å². The lowest BCUT2D eigenvalue weighted by Crippen LogP contribution is -2.18. The minimum absolute atomic E-state index is 0.225. The molecular formula is C21H17BrN2. The fourth-order valence-corrected chi connectivity index (χ4v) is 3.35. The number of benzene rings is 3. The van der Waals surface area contributed by atoms with Crippen LogP contribution in [-0.4, -0.2) is 5.71 Å². The summed E-state index contributed by atoms with van der Waals surface area (Å²) in [4.78, 5) is 0. The van der Waals surface area contributed by atoms with Crippen LogP contribution in [0.5, 0.6) is 0 Å². The van der Waals surface area contributed by atoms with Gasteiger partial charge in [-0.25, -0.2) is 0 Å². The Morgan fingerprint density at radius 2 is 1.42 bits per heavy atom. The second-order valence-corrected chi connectivity index (χ2v) is 6.78. The maximum atomic E-state index is 4.95. The van der Waals surface area contributed by atoms with Gasteiger partial charge in [-0.1, -0.05) is 76.6 Å². The zero-order valence-electron chi connectivity index (χ0n) is 13.1. The summed E-state index contributed by atoms with van der Waals surface area (Å²) in [6.07, 6.45) is 0.907. The van der Waals surface area contributed by atoms with Crippen LogP contribution in [0.3, 0.4) is 0 Å². The minimum Gasteiger partial charge on any atom is -0.257 e. The highest BCUT2D eigenvalue weighted by atomic mass is 79.9. The SMILES string of the molecule is Brc1ccc(N2N=C(c3ccccc3)C[C@@H]2c2ccccc2)cc1. The molecule has 0 bridgehead atoms. The number of hydrogen-bond donors (Lipinski definition) is 0. The van der Waals surface area contributed by atoms with Crippen molar-refractivity contribution >= 4 is 27.3 Å². The van der Waals surface area contributed by atoms with E-state index in [1.54, 1.807) is 0 Å². The highest BCUT2D eigenvalue weighted by molar-refractivity contribution is 9.10. The van der Waals surface area contributed by atoms with Crippen LogP contribution in [0.4, 0.5) is 5.69 Å². The van der Waals surface area contributed by atoms with Crippen LogP contribution in [0.15, 0.2) is 94.5 Å². The van der Waals surface area contributed by atoms with Crippen molar-refractivity contribution in [3.05, 3.63) is 101 Å². The van der Waals surface area contributed by atoms with Gasteiger partial charge in [0.2, 0.25) is 0 Å². The molecule has 3 aromatic carbocycles. The van der Waals surface area contributed by atoms with Crippen LogP contribution >= 0.6 is 15.9 Å². The molecular weight excluding hydrogens is 360 g/mol. The first-order valence-corrected chi connectivity index (χ1v) is 8.83. The third-order valence-corrected chi connectivity index (χ3v) is 4.82. The van der Waals surface area contributed by atoms with Gasteiger partial charge in [-0.2, -0.15) is 5.10 Å². The van der Waals surface area contributed by atoms with Gasteiger partial charge < -0.3 is 0 Å². The number of halogens is 1. The monoisotopic (exact) mass is 376 g/mol. The van der Waals surface area contributed by atoms with Crippen molar-refractivity contribution in [2.45, 2.75) is 12.5 Å². The molecule has 0 amide bonds. The second-order valence-electron chi connectivity index (χ2n) is 5.86. The fraction of sp³-hybridized carbons (Fsp3) is 0.0952. The molecule has 1 atom stereocenters. The Morgan fingerprint density at radius 1 is 0.792 bits per heavy atom. The Kier molecular flexibility index (Phi) is 4.18. The topological polar surface area (TPSA) is 15.6 Å². The molecule has 0 N–H and O–H groups in total. The Bertz CT molecular complexity index is 842. The van der Waals surface area contributed by atoms with Crippen molar-refractivity contribution in [1.29, 1.82) is 0 Å². The molecule has 3 aromatic rings. The first-order valence-electron chi connectivity index (χ1n) is 8.04. The lowest BCUT2D eigenvalue weighted by molar-refractivity contribution is 0.709. The first-order chi connectivity index (χ1) is 11.8. The molecule has 0 fully saturated rings. The quantitative estimate of drug-likeness (QED) is 0.563. The number of anilines is 1. The second kappa shape index (κ2) is 6.62. The number of hydrogen-bond acceptors (Lipinski definition) is 2. The molecule has 4 rings (SSSR count). The molecule has 1 aliphatic rings. The molecule has 1 heterocycles. The van der Waals surface area contributed by atoms with E-state index in [1.807, 2.05) is 6.07 Å². The van der Waals surface area contributed by atoms with E-state index in [4.69, 9.17) is 5.10 Å². The summed E-state index contributed by atoms with van der Waals surface area (Å²) in [5.74, 6) is 0. The lowest BCUT2D eigenvalue weighted by atomic mass is 9.98. The smallest absolute Gasteiger partial charge is 0.0831 e. The molecule has 24 heavy (non-hydrogen) atoms. The maximum absolute atomic E-state index is 4.95. The number of hydrazone groups is 1. The van der Waals surface area contributed by atoms with Crippen molar-refractivity contribution in [1.82, 2.24) is 0 Å². The molecule has 0 unspecified atom stereocenters. The molecule has 3 heteroatoms. The van der Waals surface area contributed by atoms with Crippen molar-refractivity contribution in [2.75, 3.05) is 5.01 Å². The average Bonchev–Trinajstić information content (AvgIpc) is 3.09. The van der Waals surface area contributed by atoms with Crippen LogP contribution < -0.4 is 5.01 Å². The Balaban J connectivity index is 1.75. The van der Waals surface area contributed by atoms with Crippen molar-refractivity contribution in [3.8, 4) is 0 Å². The molecule has 0 radical (unpaired) electrons. The zero-order valence-corrected chi connectivity index (χ0v) is 14.7. The molecule has 0 aromatic heterocycles. The van der Waals surface area contributed by atoms with Gasteiger partial charge >= 0.3 is 0 Å². The van der Waals surface area contributed by atoms with Crippen molar-refractivity contribution in [2.24, 2.45) is 5.10 Å². The molecule has 0 saturated heterocycles. The fourth-order valence-electron chi connectivity index (χ4n) is 3.08. The highest BCUT2D eigenvalue weighted by Gasteiger charge is 2.29. The van der Waals surface area contributed by atoms with E-state index in [0.717, 1.165) is 22.3 Å². The van der Waals surface area contributed by atoms with Gasteiger partial charge in [0.25, 0.3) is 0 Å². The first kappa shape index (κ1) is 15.2. The van der Waals surface area contributed by atoms with Gasteiger partial charge in [-0.05, 0) is 35.4 Å². The molecule has 1 aliphatic heterocycles. The minimum atomic E-state index is 0.225. The number of rotatable bonds is 3. The number of nitrogens with zero attached hydrogens (tertiary/aromatic N) is 2. The third kappa shape index (κ3) is 3.00. The summed E-state index contributed by atoms with van der Waals surface area (Å²) in [5.41, 5.74) is 4.72. The van der Waals surface area contributed by atoms with Crippen LogP contribution in [0.1, 0.15) is 23.6 Å².